The Bertz CT molecular complexity index is 456. The second-order valence-electron chi connectivity index (χ2n) is 4.29. The maximum absolute atomic E-state index is 11.9. The quantitative estimate of drug-likeness (QED) is 0.918. The van der Waals surface area contributed by atoms with E-state index in [0.29, 0.717) is 23.1 Å². The molecule has 1 aliphatic heterocycles. The first kappa shape index (κ1) is 13.2. The van der Waals surface area contributed by atoms with E-state index in [1.165, 1.54) is 0 Å². The van der Waals surface area contributed by atoms with Gasteiger partial charge in [0.15, 0.2) is 0 Å². The summed E-state index contributed by atoms with van der Waals surface area (Å²) in [6, 6.07) is 3.50. The first-order valence-corrected chi connectivity index (χ1v) is 6.26. The van der Waals surface area contributed by atoms with E-state index in [-0.39, 0.29) is 12.0 Å². The van der Waals surface area contributed by atoms with Gasteiger partial charge in [-0.05, 0) is 37.5 Å². The van der Waals surface area contributed by atoms with Gasteiger partial charge in [-0.2, -0.15) is 0 Å². The molecule has 1 aliphatic rings. The molecular formula is C13H16ClNO3. The van der Waals surface area contributed by atoms with Crippen LogP contribution in [0.3, 0.4) is 0 Å². The summed E-state index contributed by atoms with van der Waals surface area (Å²) in [5.41, 5.74) is 1.48. The van der Waals surface area contributed by atoms with Gasteiger partial charge in [0.25, 0.3) is 5.91 Å². The molecule has 0 aromatic heterocycles. The van der Waals surface area contributed by atoms with Gasteiger partial charge in [-0.1, -0.05) is 11.6 Å². The largest absolute Gasteiger partial charge is 0.495 e. The number of hydrogen-bond acceptors (Lipinski definition) is 3. The molecule has 0 bridgehead atoms. The lowest BCUT2D eigenvalue weighted by molar-refractivity contribution is -0.124. The maximum Gasteiger partial charge on any atom is 0.253 e. The second-order valence-corrected chi connectivity index (χ2v) is 4.70. The van der Waals surface area contributed by atoms with Crippen LogP contribution in [0.1, 0.15) is 18.4 Å². The molecule has 1 heterocycles. The molecule has 0 spiro atoms. The van der Waals surface area contributed by atoms with E-state index in [1.807, 2.05) is 6.92 Å². The van der Waals surface area contributed by atoms with E-state index < -0.39 is 0 Å². The third kappa shape index (κ3) is 2.76. The average molecular weight is 270 g/mol. The molecule has 1 N–H and O–H groups in total. The van der Waals surface area contributed by atoms with Crippen LogP contribution < -0.4 is 10.1 Å². The van der Waals surface area contributed by atoms with E-state index >= 15 is 0 Å². The first-order chi connectivity index (χ1) is 8.61. The molecule has 0 radical (unpaired) electrons. The van der Waals surface area contributed by atoms with Crippen molar-refractivity contribution in [3.63, 3.8) is 0 Å². The van der Waals surface area contributed by atoms with Crippen molar-refractivity contribution in [2.75, 3.05) is 19.0 Å². The van der Waals surface area contributed by atoms with Crippen molar-refractivity contribution < 1.29 is 14.3 Å². The molecule has 5 heteroatoms. The Kier molecular flexibility index (Phi) is 4.09. The smallest absolute Gasteiger partial charge is 0.253 e. The number of ether oxygens (including phenoxy) is 2. The van der Waals surface area contributed by atoms with Crippen molar-refractivity contribution in [3.8, 4) is 5.75 Å². The normalized spacial score (nSPS) is 18.7. The van der Waals surface area contributed by atoms with Crippen molar-refractivity contribution in [2.24, 2.45) is 0 Å². The molecule has 98 valence electrons. The third-order valence-electron chi connectivity index (χ3n) is 2.96. The number of amides is 1. The van der Waals surface area contributed by atoms with E-state index in [0.717, 1.165) is 18.4 Å². The van der Waals surface area contributed by atoms with Gasteiger partial charge in [0.05, 0.1) is 12.8 Å². The van der Waals surface area contributed by atoms with Crippen LogP contribution >= 0.6 is 11.6 Å². The summed E-state index contributed by atoms with van der Waals surface area (Å²) in [6.07, 6.45) is 1.31. The monoisotopic (exact) mass is 269 g/mol. The Balaban J connectivity index is 2.17. The molecule has 1 aromatic carbocycles. The van der Waals surface area contributed by atoms with Crippen molar-refractivity contribution in [3.05, 3.63) is 22.7 Å². The zero-order chi connectivity index (χ0) is 13.1. The lowest BCUT2D eigenvalue weighted by atomic mass is 10.2. The first-order valence-electron chi connectivity index (χ1n) is 5.88. The standard InChI is InChI=1S/C13H16ClNO3/c1-8-6-12(17-2)10(7-9(8)14)15-13(16)11-4-3-5-18-11/h6-7,11H,3-5H2,1-2H3,(H,15,16). The van der Waals surface area contributed by atoms with Crippen LogP contribution in [-0.2, 0) is 9.53 Å². The molecule has 1 amide bonds. The fourth-order valence-corrected chi connectivity index (χ4v) is 2.08. The van der Waals surface area contributed by atoms with Crippen molar-refractivity contribution in [1.82, 2.24) is 0 Å². The number of anilines is 1. The molecule has 1 saturated heterocycles. The molecule has 1 unspecified atom stereocenters. The van der Waals surface area contributed by atoms with E-state index in [9.17, 15) is 4.79 Å². The van der Waals surface area contributed by atoms with Gasteiger partial charge in [-0.25, -0.2) is 0 Å². The Morgan fingerprint density at radius 3 is 2.94 bits per heavy atom. The fourth-order valence-electron chi connectivity index (χ4n) is 1.92. The summed E-state index contributed by atoms with van der Waals surface area (Å²) < 4.78 is 10.6. The molecule has 2 rings (SSSR count). The number of carbonyl (C=O) groups is 1. The number of methoxy groups -OCH3 is 1. The SMILES string of the molecule is COc1cc(C)c(Cl)cc1NC(=O)C1CCCO1. The van der Waals surface area contributed by atoms with Crippen LogP contribution in [0, 0.1) is 6.92 Å². The van der Waals surface area contributed by atoms with Crippen LogP contribution in [0.2, 0.25) is 5.02 Å². The van der Waals surface area contributed by atoms with Crippen molar-refractivity contribution >= 4 is 23.2 Å². The minimum Gasteiger partial charge on any atom is -0.495 e. The van der Waals surface area contributed by atoms with Crippen LogP contribution in [-0.4, -0.2) is 25.7 Å². The fraction of sp³-hybridized carbons (Fsp3) is 0.462. The van der Waals surface area contributed by atoms with Crippen LogP contribution in [0.4, 0.5) is 5.69 Å². The Morgan fingerprint density at radius 1 is 1.56 bits per heavy atom. The zero-order valence-electron chi connectivity index (χ0n) is 10.5. The van der Waals surface area contributed by atoms with Gasteiger partial charge >= 0.3 is 0 Å². The Hall–Kier alpha value is -1.26. The summed E-state index contributed by atoms with van der Waals surface area (Å²) in [5, 5.41) is 3.39. The Morgan fingerprint density at radius 2 is 2.33 bits per heavy atom. The number of nitrogens with one attached hydrogen (secondary N) is 1. The number of aryl methyl sites for hydroxylation is 1. The summed E-state index contributed by atoms with van der Waals surface area (Å²) in [6.45, 7) is 2.53. The van der Waals surface area contributed by atoms with E-state index in [1.54, 1.807) is 19.2 Å². The lowest BCUT2D eigenvalue weighted by Crippen LogP contribution is -2.27. The van der Waals surface area contributed by atoms with Gasteiger partial charge in [0.2, 0.25) is 0 Å². The minimum absolute atomic E-state index is 0.147. The van der Waals surface area contributed by atoms with Crippen molar-refractivity contribution in [2.45, 2.75) is 25.9 Å². The van der Waals surface area contributed by atoms with E-state index in [4.69, 9.17) is 21.1 Å². The summed E-state index contributed by atoms with van der Waals surface area (Å²) in [4.78, 5) is 11.9. The van der Waals surface area contributed by atoms with Gasteiger partial charge in [-0.3, -0.25) is 4.79 Å². The number of halogens is 1. The highest BCUT2D eigenvalue weighted by molar-refractivity contribution is 6.31. The number of carbonyl (C=O) groups excluding carboxylic acids is 1. The molecule has 18 heavy (non-hydrogen) atoms. The maximum atomic E-state index is 11.9. The summed E-state index contributed by atoms with van der Waals surface area (Å²) in [5.74, 6) is 0.453. The molecule has 4 nitrogen and oxygen atoms in total. The predicted octanol–water partition coefficient (Wildman–Crippen LogP) is 2.77. The number of hydrogen-bond donors (Lipinski definition) is 1. The Labute approximate surface area is 111 Å². The molecule has 1 atom stereocenters. The molecular weight excluding hydrogens is 254 g/mol. The molecule has 0 aliphatic carbocycles. The van der Waals surface area contributed by atoms with Gasteiger partial charge in [-0.15, -0.1) is 0 Å². The van der Waals surface area contributed by atoms with Gasteiger partial charge < -0.3 is 14.8 Å². The lowest BCUT2D eigenvalue weighted by Gasteiger charge is -2.14. The second kappa shape index (κ2) is 5.59. The van der Waals surface area contributed by atoms with Gasteiger partial charge in [0, 0.05) is 11.6 Å². The molecule has 1 aromatic rings. The van der Waals surface area contributed by atoms with E-state index in [2.05, 4.69) is 5.32 Å². The highest BCUT2D eigenvalue weighted by atomic mass is 35.5. The van der Waals surface area contributed by atoms with Crippen LogP contribution in [0.15, 0.2) is 12.1 Å². The van der Waals surface area contributed by atoms with Crippen LogP contribution in [0.5, 0.6) is 5.75 Å². The topological polar surface area (TPSA) is 47.6 Å². The highest BCUT2D eigenvalue weighted by Gasteiger charge is 2.24. The zero-order valence-corrected chi connectivity index (χ0v) is 11.2. The molecule has 0 saturated carbocycles. The average Bonchev–Trinajstić information content (AvgIpc) is 2.87. The molecule has 1 fully saturated rings. The summed E-state index contributed by atoms with van der Waals surface area (Å²) in [7, 11) is 1.56. The summed E-state index contributed by atoms with van der Waals surface area (Å²) >= 11 is 6.05. The predicted molar refractivity (Wildman–Crippen MR) is 70.3 cm³/mol. The van der Waals surface area contributed by atoms with Gasteiger partial charge in [0.1, 0.15) is 11.9 Å². The minimum atomic E-state index is -0.366. The highest BCUT2D eigenvalue weighted by Crippen LogP contribution is 2.31. The number of benzene rings is 1. The van der Waals surface area contributed by atoms with Crippen molar-refractivity contribution in [1.29, 1.82) is 0 Å². The third-order valence-corrected chi connectivity index (χ3v) is 3.37. The number of rotatable bonds is 3. The van der Waals surface area contributed by atoms with Crippen LogP contribution in [0.25, 0.3) is 0 Å².